The molecule has 3 atom stereocenters. The Morgan fingerprint density at radius 2 is 2.19 bits per heavy atom. The molecule has 0 aliphatic heterocycles. The summed E-state index contributed by atoms with van der Waals surface area (Å²) in [7, 11) is 1.64. The molecule has 1 unspecified atom stereocenters. The zero-order chi connectivity index (χ0) is 12.0. The lowest BCUT2D eigenvalue weighted by Gasteiger charge is -2.28. The van der Waals surface area contributed by atoms with Crippen LogP contribution in [0.3, 0.4) is 0 Å². The molecule has 1 saturated carbocycles. The first kappa shape index (κ1) is 13.5. The predicted octanol–water partition coefficient (Wildman–Crippen LogP) is 1.08. The summed E-state index contributed by atoms with van der Waals surface area (Å²) in [4.78, 5) is 11.7. The number of amides is 1. The fourth-order valence-electron chi connectivity index (χ4n) is 2.21. The van der Waals surface area contributed by atoms with E-state index < -0.39 is 0 Å². The van der Waals surface area contributed by atoms with Crippen molar-refractivity contribution in [1.29, 1.82) is 0 Å². The maximum Gasteiger partial charge on any atom is 0.220 e. The Labute approximate surface area is 97.4 Å². The Morgan fingerprint density at radius 3 is 2.81 bits per heavy atom. The van der Waals surface area contributed by atoms with Gasteiger partial charge in [0.2, 0.25) is 5.91 Å². The number of aliphatic hydroxyl groups is 1. The summed E-state index contributed by atoms with van der Waals surface area (Å²) < 4.78 is 4.99. The van der Waals surface area contributed by atoms with E-state index in [1.165, 1.54) is 0 Å². The van der Waals surface area contributed by atoms with Crippen molar-refractivity contribution in [3.05, 3.63) is 0 Å². The third kappa shape index (κ3) is 4.49. The largest absolute Gasteiger partial charge is 0.391 e. The molecule has 0 heterocycles. The molecule has 1 fully saturated rings. The number of hydrogen-bond donors (Lipinski definition) is 2. The van der Waals surface area contributed by atoms with Crippen LogP contribution in [0.15, 0.2) is 0 Å². The van der Waals surface area contributed by atoms with Gasteiger partial charge in [-0.1, -0.05) is 19.8 Å². The second kappa shape index (κ2) is 6.86. The van der Waals surface area contributed by atoms with Crippen LogP contribution < -0.4 is 5.32 Å². The summed E-state index contributed by atoms with van der Waals surface area (Å²) in [5.41, 5.74) is 0. The molecule has 0 saturated heterocycles. The number of ether oxygens (including phenoxy) is 1. The molecule has 1 rings (SSSR count). The van der Waals surface area contributed by atoms with E-state index in [0.29, 0.717) is 13.0 Å². The molecule has 0 bridgehead atoms. The minimum Gasteiger partial charge on any atom is -0.391 e. The van der Waals surface area contributed by atoms with Crippen molar-refractivity contribution in [2.45, 2.75) is 51.2 Å². The lowest BCUT2D eigenvalue weighted by molar-refractivity contribution is -0.124. The second-order valence-electron chi connectivity index (χ2n) is 4.79. The van der Waals surface area contributed by atoms with Crippen LogP contribution in [-0.4, -0.2) is 36.9 Å². The van der Waals surface area contributed by atoms with Crippen LogP contribution in [0.4, 0.5) is 0 Å². The molecular weight excluding hydrogens is 206 g/mol. The number of aliphatic hydroxyl groups excluding tert-OH is 1. The van der Waals surface area contributed by atoms with Gasteiger partial charge in [0.05, 0.1) is 12.1 Å². The van der Waals surface area contributed by atoms with Crippen molar-refractivity contribution >= 4 is 5.91 Å². The number of carbonyl (C=O) groups is 1. The average molecular weight is 229 g/mol. The third-order valence-electron chi connectivity index (χ3n) is 3.06. The standard InChI is InChI=1S/C12H23NO3/c1-9(8-16-2)7-12(15)13-10-5-3-4-6-11(10)14/h9-11,14H,3-8H2,1-2H3,(H,13,15)/t9?,10-,11-/m0/s1. The topological polar surface area (TPSA) is 58.6 Å². The fraction of sp³-hybridized carbons (Fsp3) is 0.917. The van der Waals surface area contributed by atoms with E-state index >= 15 is 0 Å². The van der Waals surface area contributed by atoms with Crippen molar-refractivity contribution in [2.24, 2.45) is 5.92 Å². The molecule has 0 spiro atoms. The highest BCUT2D eigenvalue weighted by Gasteiger charge is 2.24. The summed E-state index contributed by atoms with van der Waals surface area (Å²) in [5, 5.41) is 12.6. The molecule has 16 heavy (non-hydrogen) atoms. The van der Waals surface area contributed by atoms with Gasteiger partial charge in [-0.2, -0.15) is 0 Å². The van der Waals surface area contributed by atoms with E-state index in [2.05, 4.69) is 5.32 Å². The molecule has 94 valence electrons. The third-order valence-corrected chi connectivity index (χ3v) is 3.06. The van der Waals surface area contributed by atoms with Gasteiger partial charge in [-0.25, -0.2) is 0 Å². The molecule has 1 aliphatic rings. The molecular formula is C12H23NO3. The lowest BCUT2D eigenvalue weighted by Crippen LogP contribution is -2.45. The Hall–Kier alpha value is -0.610. The SMILES string of the molecule is COCC(C)CC(=O)N[C@H]1CCCC[C@@H]1O. The Kier molecular flexibility index (Phi) is 5.77. The normalized spacial score (nSPS) is 27.4. The molecule has 0 radical (unpaired) electrons. The second-order valence-corrected chi connectivity index (χ2v) is 4.79. The number of hydrogen-bond acceptors (Lipinski definition) is 3. The molecule has 4 heteroatoms. The van der Waals surface area contributed by atoms with Crippen LogP contribution in [0.25, 0.3) is 0 Å². The number of carbonyl (C=O) groups excluding carboxylic acids is 1. The van der Waals surface area contributed by atoms with E-state index in [0.717, 1.165) is 25.7 Å². The monoisotopic (exact) mass is 229 g/mol. The predicted molar refractivity (Wildman–Crippen MR) is 62.1 cm³/mol. The maximum atomic E-state index is 11.7. The van der Waals surface area contributed by atoms with Crippen LogP contribution in [0.5, 0.6) is 0 Å². The number of nitrogens with one attached hydrogen (secondary N) is 1. The molecule has 2 N–H and O–H groups in total. The van der Waals surface area contributed by atoms with Gasteiger partial charge in [0, 0.05) is 20.1 Å². The summed E-state index contributed by atoms with van der Waals surface area (Å²) in [6.45, 7) is 2.58. The van der Waals surface area contributed by atoms with E-state index in [1.54, 1.807) is 7.11 Å². The van der Waals surface area contributed by atoms with Gasteiger partial charge in [0.1, 0.15) is 0 Å². The highest BCUT2D eigenvalue weighted by molar-refractivity contribution is 5.76. The molecule has 4 nitrogen and oxygen atoms in total. The average Bonchev–Trinajstić information content (AvgIpc) is 2.21. The fourth-order valence-corrected chi connectivity index (χ4v) is 2.21. The molecule has 1 aliphatic carbocycles. The highest BCUT2D eigenvalue weighted by atomic mass is 16.5. The first-order valence-electron chi connectivity index (χ1n) is 6.10. The summed E-state index contributed by atoms with van der Waals surface area (Å²) in [6.07, 6.45) is 3.96. The van der Waals surface area contributed by atoms with Gasteiger partial charge in [-0.3, -0.25) is 4.79 Å². The zero-order valence-electron chi connectivity index (χ0n) is 10.2. The van der Waals surface area contributed by atoms with Crippen molar-refractivity contribution in [3.63, 3.8) is 0 Å². The van der Waals surface area contributed by atoms with Crippen LogP contribution >= 0.6 is 0 Å². The maximum absolute atomic E-state index is 11.7. The van der Waals surface area contributed by atoms with E-state index in [4.69, 9.17) is 4.74 Å². The van der Waals surface area contributed by atoms with E-state index in [9.17, 15) is 9.90 Å². The first-order valence-corrected chi connectivity index (χ1v) is 6.10. The Morgan fingerprint density at radius 1 is 1.50 bits per heavy atom. The van der Waals surface area contributed by atoms with Crippen molar-refractivity contribution in [2.75, 3.05) is 13.7 Å². The first-order chi connectivity index (χ1) is 7.63. The van der Waals surface area contributed by atoms with Crippen molar-refractivity contribution in [3.8, 4) is 0 Å². The van der Waals surface area contributed by atoms with E-state index in [-0.39, 0.29) is 24.0 Å². The van der Waals surface area contributed by atoms with Crippen molar-refractivity contribution in [1.82, 2.24) is 5.32 Å². The van der Waals surface area contributed by atoms with Crippen molar-refractivity contribution < 1.29 is 14.6 Å². The zero-order valence-corrected chi connectivity index (χ0v) is 10.2. The summed E-state index contributed by atoms with van der Waals surface area (Å²) in [5.74, 6) is 0.251. The smallest absolute Gasteiger partial charge is 0.220 e. The molecule has 0 aromatic heterocycles. The van der Waals surface area contributed by atoms with Gasteiger partial charge in [0.25, 0.3) is 0 Å². The van der Waals surface area contributed by atoms with Gasteiger partial charge >= 0.3 is 0 Å². The minimum atomic E-state index is -0.365. The summed E-state index contributed by atoms with van der Waals surface area (Å²) >= 11 is 0. The Bertz CT molecular complexity index is 220. The number of rotatable bonds is 5. The van der Waals surface area contributed by atoms with Crippen LogP contribution in [0.2, 0.25) is 0 Å². The van der Waals surface area contributed by atoms with Crippen LogP contribution in [0.1, 0.15) is 39.0 Å². The van der Waals surface area contributed by atoms with Gasteiger partial charge < -0.3 is 15.2 Å². The van der Waals surface area contributed by atoms with Gasteiger partial charge in [-0.05, 0) is 18.8 Å². The highest BCUT2D eigenvalue weighted by Crippen LogP contribution is 2.18. The molecule has 0 aromatic rings. The van der Waals surface area contributed by atoms with E-state index in [1.807, 2.05) is 6.92 Å². The van der Waals surface area contributed by atoms with Crippen LogP contribution in [-0.2, 0) is 9.53 Å². The molecule has 0 aromatic carbocycles. The van der Waals surface area contributed by atoms with Crippen LogP contribution in [0, 0.1) is 5.92 Å². The van der Waals surface area contributed by atoms with Gasteiger partial charge in [-0.15, -0.1) is 0 Å². The molecule has 1 amide bonds. The minimum absolute atomic E-state index is 0.0236. The number of methoxy groups -OCH3 is 1. The summed E-state index contributed by atoms with van der Waals surface area (Å²) in [6, 6.07) is -0.0454. The van der Waals surface area contributed by atoms with Gasteiger partial charge in [0.15, 0.2) is 0 Å². The Balaban J connectivity index is 2.27. The quantitative estimate of drug-likeness (QED) is 0.741. The lowest BCUT2D eigenvalue weighted by atomic mass is 9.92.